The molecule has 0 saturated heterocycles. The first-order valence-corrected chi connectivity index (χ1v) is 16.1. The molecule has 0 fully saturated rings. The van der Waals surface area contributed by atoms with Gasteiger partial charge in [-0.3, -0.25) is 14.4 Å². The quantitative estimate of drug-likeness (QED) is 0.211. The number of aromatic nitrogens is 5. The fourth-order valence-corrected chi connectivity index (χ4v) is 7.48. The van der Waals surface area contributed by atoms with Gasteiger partial charge in [0.25, 0.3) is 5.56 Å². The fraction of sp³-hybridized carbons (Fsp3) is 0.333. The summed E-state index contributed by atoms with van der Waals surface area (Å²) in [5.74, 6) is -0.577. The van der Waals surface area contributed by atoms with Crippen molar-refractivity contribution in [3.8, 4) is 28.7 Å². The molecule has 15 nitrogen and oxygen atoms in total. The van der Waals surface area contributed by atoms with E-state index in [1.165, 1.54) is 54.5 Å². The number of phenolic OH excluding ortho intramolecular Hbond substituents is 1. The van der Waals surface area contributed by atoms with Crippen LogP contribution in [0, 0.1) is 0 Å². The van der Waals surface area contributed by atoms with E-state index >= 15 is 0 Å². The minimum absolute atomic E-state index is 0.0279. The van der Waals surface area contributed by atoms with Crippen LogP contribution in [0.5, 0.6) is 28.7 Å². The second kappa shape index (κ2) is 12.3. The Balaban J connectivity index is 1.32. The fourth-order valence-electron chi connectivity index (χ4n) is 7.48. The standard InChI is InChI=1S/C36H35N5O10/c1-17-11-25(42)30-20(33(17)44)14-23-19(31(30)32-26(43)12-18(48-3)13-29(32)51-6)7-10-40-35(46)39(36(47)41(23)40)9-8-21-34(45)38(2)24-16-28(50-5)27(49-4)15-22(24)37-21/h7,11-13,15-16,23,31,43H,8-10,14H2,1-6H3/t23-,31+/m1/s1. The summed E-state index contributed by atoms with van der Waals surface area (Å²) >= 11 is 0. The van der Waals surface area contributed by atoms with Crippen molar-refractivity contribution < 1.29 is 33.6 Å². The maximum absolute atomic E-state index is 14.2. The molecule has 2 aromatic heterocycles. The summed E-state index contributed by atoms with van der Waals surface area (Å²) in [6, 6.07) is 5.39. The lowest BCUT2D eigenvalue weighted by Gasteiger charge is -2.40. The molecule has 1 aliphatic heterocycles. The molecule has 0 radical (unpaired) electrons. The number of aryl methyl sites for hydroxylation is 2. The maximum atomic E-state index is 14.2. The lowest BCUT2D eigenvalue weighted by Crippen LogP contribution is -2.41. The van der Waals surface area contributed by atoms with Gasteiger partial charge < -0.3 is 28.6 Å². The molecule has 2 aromatic carbocycles. The number of rotatable bonds is 8. The molecule has 51 heavy (non-hydrogen) atoms. The van der Waals surface area contributed by atoms with Crippen molar-refractivity contribution in [2.24, 2.45) is 7.05 Å². The van der Waals surface area contributed by atoms with Crippen molar-refractivity contribution in [1.82, 2.24) is 23.5 Å². The van der Waals surface area contributed by atoms with Crippen LogP contribution in [0.2, 0.25) is 0 Å². The minimum atomic E-state index is -0.972. The number of phenols is 1. The molecule has 15 heteroatoms. The number of ether oxygens (including phenoxy) is 4. The summed E-state index contributed by atoms with van der Waals surface area (Å²) in [7, 11) is 7.42. The van der Waals surface area contributed by atoms with Gasteiger partial charge in [0.1, 0.15) is 22.9 Å². The lowest BCUT2D eigenvalue weighted by molar-refractivity contribution is -0.116. The van der Waals surface area contributed by atoms with Gasteiger partial charge in [0.15, 0.2) is 23.1 Å². The van der Waals surface area contributed by atoms with E-state index < -0.39 is 34.7 Å². The second-order valence-corrected chi connectivity index (χ2v) is 12.5. The zero-order chi connectivity index (χ0) is 36.5. The molecule has 264 valence electrons. The van der Waals surface area contributed by atoms with Crippen LogP contribution in [0.15, 0.2) is 73.1 Å². The van der Waals surface area contributed by atoms with E-state index in [9.17, 15) is 29.1 Å². The van der Waals surface area contributed by atoms with Gasteiger partial charge in [0.05, 0.1) is 52.1 Å². The Morgan fingerprint density at radius 3 is 2.29 bits per heavy atom. The number of hydrogen-bond acceptors (Lipinski definition) is 11. The Morgan fingerprint density at radius 2 is 1.61 bits per heavy atom. The molecule has 3 aliphatic rings. The van der Waals surface area contributed by atoms with Gasteiger partial charge in [-0.1, -0.05) is 6.08 Å². The van der Waals surface area contributed by atoms with E-state index in [2.05, 4.69) is 4.98 Å². The molecule has 4 aromatic rings. The minimum Gasteiger partial charge on any atom is -0.507 e. The van der Waals surface area contributed by atoms with Crippen molar-refractivity contribution >= 4 is 22.6 Å². The zero-order valence-electron chi connectivity index (χ0n) is 28.8. The van der Waals surface area contributed by atoms with E-state index in [0.717, 1.165) is 4.57 Å². The molecule has 0 unspecified atom stereocenters. The Kier molecular flexibility index (Phi) is 8.07. The van der Waals surface area contributed by atoms with E-state index in [4.69, 9.17) is 18.9 Å². The highest BCUT2D eigenvalue weighted by molar-refractivity contribution is 6.23. The topological polar surface area (TPSA) is 175 Å². The normalized spacial score (nSPS) is 18.2. The first-order chi connectivity index (χ1) is 24.4. The highest BCUT2D eigenvalue weighted by Crippen LogP contribution is 2.54. The number of aromatic hydroxyl groups is 1. The van der Waals surface area contributed by atoms with Crippen LogP contribution < -0.4 is 35.9 Å². The highest BCUT2D eigenvalue weighted by atomic mass is 16.5. The number of allylic oxidation sites excluding steroid dienone is 6. The van der Waals surface area contributed by atoms with Crippen LogP contribution in [-0.2, 0) is 36.1 Å². The van der Waals surface area contributed by atoms with Crippen LogP contribution in [0.4, 0.5) is 0 Å². The number of methoxy groups -OCH3 is 4. The summed E-state index contributed by atoms with van der Waals surface area (Å²) in [6.07, 6.45) is 2.96. The Labute approximate surface area is 289 Å². The summed E-state index contributed by atoms with van der Waals surface area (Å²) < 4.78 is 26.8. The maximum Gasteiger partial charge on any atom is 0.347 e. The number of Topliss-reactive ketones (excluding diaryl/α,β-unsaturated/α-hetero) is 1. The molecular formula is C36H35N5O10. The van der Waals surface area contributed by atoms with E-state index in [1.807, 2.05) is 0 Å². The monoisotopic (exact) mass is 697 g/mol. The van der Waals surface area contributed by atoms with Gasteiger partial charge in [-0.2, -0.15) is 0 Å². The summed E-state index contributed by atoms with van der Waals surface area (Å²) in [4.78, 5) is 73.2. The molecular weight excluding hydrogens is 662 g/mol. The largest absolute Gasteiger partial charge is 0.507 e. The number of ketones is 2. The molecule has 0 bridgehead atoms. The average molecular weight is 698 g/mol. The summed E-state index contributed by atoms with van der Waals surface area (Å²) in [6.45, 7) is 1.37. The number of hydrogen-bond donors (Lipinski definition) is 1. The number of carbonyl (C=O) groups excluding carboxylic acids is 2. The van der Waals surface area contributed by atoms with Crippen molar-refractivity contribution in [3.05, 3.63) is 101 Å². The van der Waals surface area contributed by atoms with Gasteiger partial charge in [-0.25, -0.2) is 28.5 Å². The second-order valence-electron chi connectivity index (χ2n) is 12.5. The first kappa shape index (κ1) is 33.4. The molecule has 1 N–H and O–H groups in total. The number of carbonyl (C=O) groups is 2. The van der Waals surface area contributed by atoms with Crippen LogP contribution in [0.3, 0.4) is 0 Å². The third-order valence-electron chi connectivity index (χ3n) is 9.97. The molecule has 0 saturated carbocycles. The third-order valence-corrected chi connectivity index (χ3v) is 9.97. The molecule has 0 amide bonds. The Hall–Kier alpha value is -6.12. The molecule has 0 spiro atoms. The third kappa shape index (κ3) is 5.02. The SMILES string of the molecule is COc1cc(O)c([C@H]2C3=CCn4c(=O)n(CCc5nc6cc(OC)c(OC)cc6n(C)c5=O)c(=O)n4[C@@H]3CC3=C2C(=O)C=C(C)C3=O)c(OC)c1. The summed E-state index contributed by atoms with van der Waals surface area (Å²) in [5, 5.41) is 11.3. The number of nitrogens with zero attached hydrogens (tertiary/aromatic N) is 5. The van der Waals surface area contributed by atoms with Crippen LogP contribution >= 0.6 is 0 Å². The van der Waals surface area contributed by atoms with E-state index in [-0.39, 0.29) is 71.2 Å². The van der Waals surface area contributed by atoms with Gasteiger partial charge in [0, 0.05) is 78.9 Å². The van der Waals surface area contributed by atoms with Gasteiger partial charge in [0.2, 0.25) is 0 Å². The average Bonchev–Trinajstić information content (AvgIpc) is 3.37. The zero-order valence-corrected chi connectivity index (χ0v) is 28.8. The lowest BCUT2D eigenvalue weighted by atomic mass is 9.67. The van der Waals surface area contributed by atoms with Gasteiger partial charge in [-0.05, 0) is 18.6 Å². The molecule has 2 atom stereocenters. The Morgan fingerprint density at radius 1 is 0.902 bits per heavy atom. The van der Waals surface area contributed by atoms with Crippen LogP contribution in [0.25, 0.3) is 11.0 Å². The number of benzene rings is 2. The summed E-state index contributed by atoms with van der Waals surface area (Å²) in [5.41, 5.74) is 0.849. The van der Waals surface area contributed by atoms with Gasteiger partial charge in [-0.15, -0.1) is 0 Å². The van der Waals surface area contributed by atoms with E-state index in [1.54, 1.807) is 38.2 Å². The smallest absolute Gasteiger partial charge is 0.347 e. The van der Waals surface area contributed by atoms with Crippen molar-refractivity contribution in [2.45, 2.75) is 44.8 Å². The molecule has 3 heterocycles. The van der Waals surface area contributed by atoms with Crippen LogP contribution in [0.1, 0.15) is 36.6 Å². The molecule has 7 rings (SSSR count). The number of fused-ring (bicyclic) bond motifs is 4. The van der Waals surface area contributed by atoms with E-state index in [0.29, 0.717) is 33.9 Å². The predicted molar refractivity (Wildman–Crippen MR) is 183 cm³/mol. The van der Waals surface area contributed by atoms with Gasteiger partial charge >= 0.3 is 11.4 Å². The Bertz CT molecular complexity index is 2470. The first-order valence-electron chi connectivity index (χ1n) is 16.1. The predicted octanol–water partition coefficient (Wildman–Crippen LogP) is 2.10. The molecule has 2 aliphatic carbocycles. The van der Waals surface area contributed by atoms with Crippen molar-refractivity contribution in [2.75, 3.05) is 28.4 Å². The van der Waals surface area contributed by atoms with Crippen LogP contribution in [-0.4, -0.2) is 68.6 Å². The van der Waals surface area contributed by atoms with Crippen molar-refractivity contribution in [3.63, 3.8) is 0 Å². The van der Waals surface area contributed by atoms with Crippen molar-refractivity contribution in [1.29, 1.82) is 0 Å². The highest BCUT2D eigenvalue weighted by Gasteiger charge is 2.46.